The predicted octanol–water partition coefficient (Wildman–Crippen LogP) is 0.320. The van der Waals surface area contributed by atoms with Gasteiger partial charge in [0.1, 0.15) is 0 Å². The van der Waals surface area contributed by atoms with Crippen molar-refractivity contribution in [3.05, 3.63) is 36.5 Å². The molecule has 7 nitrogen and oxygen atoms in total. The molecule has 2 rings (SSSR count). The molecule has 2 atom stereocenters. The van der Waals surface area contributed by atoms with Gasteiger partial charge in [0, 0.05) is 45.0 Å². The number of aliphatic hydroxyl groups is 3. The topological polar surface area (TPSA) is 87.3 Å². The molecule has 1 heterocycles. The van der Waals surface area contributed by atoms with Gasteiger partial charge in [0.15, 0.2) is 0 Å². The van der Waals surface area contributed by atoms with E-state index in [2.05, 4.69) is 0 Å². The quantitative estimate of drug-likeness (QED) is 0.443. The van der Waals surface area contributed by atoms with Crippen LogP contribution in [0, 0.1) is 0 Å². The highest BCUT2D eigenvalue weighted by Crippen LogP contribution is 2.15. The Morgan fingerprint density at radius 3 is 2.62 bits per heavy atom. The van der Waals surface area contributed by atoms with Crippen LogP contribution >= 0.6 is 0 Å². The number of para-hydroxylation sites is 1. The van der Waals surface area contributed by atoms with Crippen LogP contribution in [0.2, 0.25) is 0 Å². The van der Waals surface area contributed by atoms with Crippen LogP contribution in [0.5, 0.6) is 0 Å². The summed E-state index contributed by atoms with van der Waals surface area (Å²) in [4.78, 5) is 1.85. The Morgan fingerprint density at radius 2 is 1.85 bits per heavy atom. The maximum Gasteiger partial charge on any atom is 0.0900 e. The second-order valence-electron chi connectivity index (χ2n) is 6.39. The van der Waals surface area contributed by atoms with E-state index in [0.29, 0.717) is 39.4 Å². The first-order chi connectivity index (χ1) is 12.6. The summed E-state index contributed by atoms with van der Waals surface area (Å²) >= 11 is 0. The van der Waals surface area contributed by atoms with E-state index >= 15 is 0 Å². The molecule has 1 aromatic carbocycles. The molecule has 0 fully saturated rings. The minimum Gasteiger partial charge on any atom is -0.395 e. The molecule has 2 unspecified atom stereocenters. The van der Waals surface area contributed by atoms with Crippen LogP contribution in [0.1, 0.15) is 0 Å². The molecule has 2 aromatic rings. The Bertz CT molecular complexity index is 633. The van der Waals surface area contributed by atoms with Gasteiger partial charge in [-0.25, -0.2) is 0 Å². The molecule has 0 spiro atoms. The van der Waals surface area contributed by atoms with Crippen LogP contribution in [0.3, 0.4) is 0 Å². The van der Waals surface area contributed by atoms with Gasteiger partial charge in [0.05, 0.1) is 38.6 Å². The molecule has 26 heavy (non-hydrogen) atoms. The summed E-state index contributed by atoms with van der Waals surface area (Å²) in [5.41, 5.74) is 1.08. The number of rotatable bonds is 13. The fourth-order valence-corrected chi connectivity index (χ4v) is 2.99. The van der Waals surface area contributed by atoms with E-state index < -0.39 is 12.2 Å². The summed E-state index contributed by atoms with van der Waals surface area (Å²) < 4.78 is 12.2. The summed E-state index contributed by atoms with van der Waals surface area (Å²) in [6, 6.07) is 10.0. The van der Waals surface area contributed by atoms with Crippen LogP contribution in [-0.4, -0.2) is 90.2 Å². The summed E-state index contributed by atoms with van der Waals surface area (Å²) in [6.07, 6.45) is 0.667. The van der Waals surface area contributed by atoms with E-state index in [1.54, 1.807) is 7.11 Å². The molecule has 146 valence electrons. The van der Waals surface area contributed by atoms with E-state index in [9.17, 15) is 15.3 Å². The number of hydrogen-bond acceptors (Lipinski definition) is 6. The van der Waals surface area contributed by atoms with Gasteiger partial charge in [-0.15, -0.1) is 0 Å². The molecule has 0 aliphatic rings. The molecular weight excluding hydrogens is 336 g/mol. The maximum atomic E-state index is 10.5. The van der Waals surface area contributed by atoms with Crippen molar-refractivity contribution in [3.63, 3.8) is 0 Å². The van der Waals surface area contributed by atoms with Gasteiger partial charge in [-0.3, -0.25) is 4.90 Å². The van der Waals surface area contributed by atoms with Gasteiger partial charge >= 0.3 is 0 Å². The lowest BCUT2D eigenvalue weighted by Crippen LogP contribution is -2.42. The molecule has 1 aromatic heterocycles. The highest BCUT2D eigenvalue weighted by Gasteiger charge is 2.16. The molecule has 3 N–H and O–H groups in total. The Kier molecular flexibility index (Phi) is 9.04. The average Bonchev–Trinajstić information content (AvgIpc) is 3.02. The van der Waals surface area contributed by atoms with Crippen molar-refractivity contribution < 1.29 is 24.8 Å². The third kappa shape index (κ3) is 6.68. The van der Waals surface area contributed by atoms with Crippen molar-refractivity contribution in [1.29, 1.82) is 0 Å². The van der Waals surface area contributed by atoms with Crippen LogP contribution < -0.4 is 0 Å². The van der Waals surface area contributed by atoms with Crippen LogP contribution in [-0.2, 0) is 16.0 Å². The summed E-state index contributed by atoms with van der Waals surface area (Å²) in [5, 5.41) is 30.9. The first-order valence-corrected chi connectivity index (χ1v) is 8.94. The number of hydrogen-bond donors (Lipinski definition) is 3. The van der Waals surface area contributed by atoms with Gasteiger partial charge in [0.2, 0.25) is 0 Å². The molecule has 0 saturated heterocycles. The zero-order valence-electron chi connectivity index (χ0n) is 15.3. The van der Waals surface area contributed by atoms with Gasteiger partial charge in [-0.05, 0) is 17.5 Å². The number of methoxy groups -OCH3 is 1. The lowest BCUT2D eigenvalue weighted by atomic mass is 10.2. The number of benzene rings is 1. The fourth-order valence-electron chi connectivity index (χ4n) is 2.99. The molecule has 0 radical (unpaired) electrons. The maximum absolute atomic E-state index is 10.5. The van der Waals surface area contributed by atoms with E-state index in [4.69, 9.17) is 9.47 Å². The van der Waals surface area contributed by atoms with Crippen LogP contribution in [0.25, 0.3) is 10.9 Å². The monoisotopic (exact) mass is 366 g/mol. The van der Waals surface area contributed by atoms with Gasteiger partial charge in [-0.2, -0.15) is 0 Å². The van der Waals surface area contributed by atoms with E-state index in [0.717, 1.165) is 10.9 Å². The summed E-state index contributed by atoms with van der Waals surface area (Å²) in [5.74, 6) is 0. The van der Waals surface area contributed by atoms with Crippen molar-refractivity contribution in [2.75, 3.05) is 53.2 Å². The zero-order chi connectivity index (χ0) is 18.8. The Balaban J connectivity index is 1.83. The molecule has 0 aliphatic carbocycles. The third-order valence-electron chi connectivity index (χ3n) is 4.18. The zero-order valence-corrected chi connectivity index (χ0v) is 15.3. The summed E-state index contributed by atoms with van der Waals surface area (Å²) in [7, 11) is 1.60. The first-order valence-electron chi connectivity index (χ1n) is 8.94. The molecule has 0 saturated carbocycles. The molecule has 0 aliphatic heterocycles. The van der Waals surface area contributed by atoms with Crippen LogP contribution in [0.15, 0.2) is 36.5 Å². The smallest absolute Gasteiger partial charge is 0.0900 e. The fraction of sp³-hybridized carbons (Fsp3) is 0.579. The van der Waals surface area contributed by atoms with E-state index in [1.165, 1.54) is 0 Å². The molecule has 0 bridgehead atoms. The largest absolute Gasteiger partial charge is 0.395 e. The van der Waals surface area contributed by atoms with Crippen molar-refractivity contribution in [2.24, 2.45) is 0 Å². The Morgan fingerprint density at radius 1 is 1.08 bits per heavy atom. The molecule has 7 heteroatoms. The highest BCUT2D eigenvalue weighted by molar-refractivity contribution is 5.79. The van der Waals surface area contributed by atoms with Crippen molar-refractivity contribution in [2.45, 2.75) is 18.8 Å². The second kappa shape index (κ2) is 11.3. The van der Waals surface area contributed by atoms with E-state index in [1.807, 2.05) is 46.0 Å². The molecule has 0 amide bonds. The SMILES string of the molecule is COCCOCC(O)CN(CCO)CC(O)Cn1ccc2ccccc21. The number of aromatic nitrogens is 1. The Labute approximate surface area is 154 Å². The lowest BCUT2D eigenvalue weighted by molar-refractivity contribution is -0.00940. The lowest BCUT2D eigenvalue weighted by Gasteiger charge is -2.27. The third-order valence-corrected chi connectivity index (χ3v) is 4.18. The van der Waals surface area contributed by atoms with Crippen molar-refractivity contribution >= 4 is 10.9 Å². The standard InChI is InChI=1S/C19H30N2O5/c1-25-10-11-26-15-18(24)13-20(8-9-22)12-17(23)14-21-7-6-16-4-2-3-5-19(16)21/h2-7,17-18,22-24H,8-15H2,1H3. The van der Waals surface area contributed by atoms with Crippen molar-refractivity contribution in [3.8, 4) is 0 Å². The first kappa shape index (κ1) is 20.8. The van der Waals surface area contributed by atoms with Crippen LogP contribution in [0.4, 0.5) is 0 Å². The minimum absolute atomic E-state index is 0.0313. The predicted molar refractivity (Wildman–Crippen MR) is 100 cm³/mol. The number of ether oxygens (including phenoxy) is 2. The van der Waals surface area contributed by atoms with Gasteiger partial charge in [0.25, 0.3) is 0 Å². The van der Waals surface area contributed by atoms with E-state index in [-0.39, 0.29) is 13.2 Å². The minimum atomic E-state index is -0.682. The van der Waals surface area contributed by atoms with Gasteiger partial charge in [-0.1, -0.05) is 18.2 Å². The second-order valence-corrected chi connectivity index (χ2v) is 6.39. The van der Waals surface area contributed by atoms with Crippen molar-refractivity contribution in [1.82, 2.24) is 9.47 Å². The Hall–Kier alpha value is -1.48. The molecular formula is C19H30N2O5. The number of nitrogens with zero attached hydrogens (tertiary/aromatic N) is 2. The summed E-state index contributed by atoms with van der Waals surface area (Å²) in [6.45, 7) is 2.61. The van der Waals surface area contributed by atoms with Gasteiger partial charge < -0.3 is 29.4 Å². The normalized spacial score (nSPS) is 14.2. The number of aliphatic hydroxyl groups excluding tert-OH is 3. The number of fused-ring (bicyclic) bond motifs is 1. The average molecular weight is 366 g/mol. The highest BCUT2D eigenvalue weighted by atomic mass is 16.5.